The molecular formula is C53H38N2. The number of hydrogen-bond acceptors (Lipinski definition) is 1. The molecule has 0 saturated heterocycles. The summed E-state index contributed by atoms with van der Waals surface area (Å²) in [5, 5.41) is 8.85. The van der Waals surface area contributed by atoms with Gasteiger partial charge >= 0.3 is 0 Å². The highest BCUT2D eigenvalue weighted by Crippen LogP contribution is 2.45. The molecule has 0 N–H and O–H groups in total. The summed E-state index contributed by atoms with van der Waals surface area (Å²) in [6.45, 7) is 0.852. The average molecular weight is 703 g/mol. The first-order chi connectivity index (χ1) is 27.3. The SMILES string of the molecule is C1=CCCC(n2c3c(c4cc(-c5ccc6cc(-c7ccc8c(-c9ccccc9)c9ccccc9c(-c9ccccc9)c8c7)ccc6c5)ccc42)C=NCC3)=C1. The van der Waals surface area contributed by atoms with Crippen LogP contribution in [0.25, 0.3) is 93.4 Å². The molecule has 0 radical (unpaired) electrons. The molecule has 0 saturated carbocycles. The fraction of sp³-hybridized carbons (Fsp3) is 0.0755. The van der Waals surface area contributed by atoms with Gasteiger partial charge in [0, 0.05) is 41.5 Å². The lowest BCUT2D eigenvalue weighted by Gasteiger charge is -2.19. The molecular weight excluding hydrogens is 665 g/mol. The maximum absolute atomic E-state index is 4.70. The van der Waals surface area contributed by atoms with Gasteiger partial charge in [-0.25, -0.2) is 0 Å². The van der Waals surface area contributed by atoms with Gasteiger partial charge in [-0.3, -0.25) is 4.99 Å². The van der Waals surface area contributed by atoms with Crippen LogP contribution < -0.4 is 0 Å². The molecule has 55 heavy (non-hydrogen) atoms. The number of nitrogens with zero attached hydrogens (tertiary/aromatic N) is 2. The summed E-state index contributed by atoms with van der Waals surface area (Å²) < 4.78 is 2.51. The Kier molecular flexibility index (Phi) is 7.48. The van der Waals surface area contributed by atoms with Gasteiger partial charge in [0.05, 0.1) is 5.52 Å². The molecule has 0 amide bonds. The Morgan fingerprint density at radius 2 is 1.02 bits per heavy atom. The van der Waals surface area contributed by atoms with E-state index in [1.54, 1.807) is 0 Å². The molecule has 0 bridgehead atoms. The second kappa shape index (κ2) is 13.0. The van der Waals surface area contributed by atoms with Crippen molar-refractivity contribution in [1.29, 1.82) is 0 Å². The molecule has 0 unspecified atom stereocenters. The predicted octanol–water partition coefficient (Wildman–Crippen LogP) is 13.9. The third kappa shape index (κ3) is 5.28. The van der Waals surface area contributed by atoms with E-state index in [0.717, 1.165) is 25.8 Å². The molecule has 2 aliphatic rings. The van der Waals surface area contributed by atoms with Crippen LogP contribution >= 0.6 is 0 Å². The van der Waals surface area contributed by atoms with Crippen LogP contribution in [-0.2, 0) is 6.42 Å². The first-order valence-electron chi connectivity index (χ1n) is 19.5. The molecule has 9 aromatic rings. The van der Waals surface area contributed by atoms with Gasteiger partial charge in [-0.05, 0) is 126 Å². The maximum Gasteiger partial charge on any atom is 0.0535 e. The topological polar surface area (TPSA) is 17.3 Å². The maximum atomic E-state index is 4.70. The Bertz CT molecular complexity index is 3070. The summed E-state index contributed by atoms with van der Waals surface area (Å²) in [6.07, 6.45) is 12.0. The van der Waals surface area contributed by atoms with Crippen LogP contribution in [0.2, 0.25) is 0 Å². The normalized spacial score (nSPS) is 13.9. The van der Waals surface area contributed by atoms with E-state index in [1.165, 1.54) is 105 Å². The molecule has 1 aromatic heterocycles. The number of aliphatic imine (C=N–C) groups is 1. The van der Waals surface area contributed by atoms with E-state index in [-0.39, 0.29) is 0 Å². The van der Waals surface area contributed by atoms with Gasteiger partial charge in [0.25, 0.3) is 0 Å². The first kappa shape index (κ1) is 31.7. The minimum atomic E-state index is 0.852. The van der Waals surface area contributed by atoms with Gasteiger partial charge < -0.3 is 4.57 Å². The minimum Gasteiger partial charge on any atom is -0.317 e. The van der Waals surface area contributed by atoms with Crippen LogP contribution in [0.1, 0.15) is 24.1 Å². The van der Waals surface area contributed by atoms with Crippen LogP contribution in [0, 0.1) is 0 Å². The number of aromatic nitrogens is 1. The molecule has 1 aliphatic carbocycles. The summed E-state index contributed by atoms with van der Waals surface area (Å²) in [6, 6.07) is 58.5. The largest absolute Gasteiger partial charge is 0.317 e. The number of hydrogen-bond donors (Lipinski definition) is 0. The quantitative estimate of drug-likeness (QED) is 0.159. The van der Waals surface area contributed by atoms with E-state index in [2.05, 4.69) is 187 Å². The molecule has 2 nitrogen and oxygen atoms in total. The summed E-state index contributed by atoms with van der Waals surface area (Å²) in [5.41, 5.74) is 15.3. The van der Waals surface area contributed by atoms with Gasteiger partial charge in [-0.1, -0.05) is 140 Å². The minimum absolute atomic E-state index is 0.852. The molecule has 11 rings (SSSR count). The Balaban J connectivity index is 1.03. The zero-order valence-corrected chi connectivity index (χ0v) is 30.5. The lowest BCUT2D eigenvalue weighted by atomic mass is 9.85. The molecule has 8 aromatic carbocycles. The molecule has 0 fully saturated rings. The number of allylic oxidation sites excluding steroid dienone is 4. The molecule has 2 heterocycles. The number of benzene rings is 8. The zero-order chi connectivity index (χ0) is 36.3. The van der Waals surface area contributed by atoms with Crippen molar-refractivity contribution in [2.45, 2.75) is 19.3 Å². The lowest BCUT2D eigenvalue weighted by Crippen LogP contribution is -2.09. The lowest BCUT2D eigenvalue weighted by molar-refractivity contribution is 0.854. The highest BCUT2D eigenvalue weighted by molar-refractivity contribution is 6.22. The van der Waals surface area contributed by atoms with Gasteiger partial charge in [0.1, 0.15) is 0 Å². The Labute approximate surface area is 321 Å². The third-order valence-corrected chi connectivity index (χ3v) is 11.7. The van der Waals surface area contributed by atoms with Crippen molar-refractivity contribution in [2.75, 3.05) is 6.54 Å². The number of rotatable bonds is 5. The van der Waals surface area contributed by atoms with E-state index < -0.39 is 0 Å². The summed E-state index contributed by atoms with van der Waals surface area (Å²) in [4.78, 5) is 4.70. The summed E-state index contributed by atoms with van der Waals surface area (Å²) >= 11 is 0. The molecule has 2 heteroatoms. The van der Waals surface area contributed by atoms with Crippen molar-refractivity contribution in [3.8, 4) is 44.5 Å². The van der Waals surface area contributed by atoms with Gasteiger partial charge in [-0.2, -0.15) is 0 Å². The fourth-order valence-electron chi connectivity index (χ4n) is 9.16. The zero-order valence-electron chi connectivity index (χ0n) is 30.5. The van der Waals surface area contributed by atoms with Gasteiger partial charge in [0.15, 0.2) is 0 Å². The Morgan fingerprint density at radius 1 is 0.455 bits per heavy atom. The Hall–Kier alpha value is -6.77. The third-order valence-electron chi connectivity index (χ3n) is 11.7. The summed E-state index contributed by atoms with van der Waals surface area (Å²) in [7, 11) is 0. The molecule has 1 aliphatic heterocycles. The number of fused-ring (bicyclic) bond motifs is 6. The van der Waals surface area contributed by atoms with Crippen molar-refractivity contribution >= 4 is 55.1 Å². The van der Waals surface area contributed by atoms with Crippen LogP contribution in [-0.4, -0.2) is 17.3 Å². The van der Waals surface area contributed by atoms with Crippen LogP contribution in [0.15, 0.2) is 181 Å². The van der Waals surface area contributed by atoms with Gasteiger partial charge in [-0.15, -0.1) is 0 Å². The van der Waals surface area contributed by atoms with E-state index in [0.29, 0.717) is 0 Å². The van der Waals surface area contributed by atoms with E-state index in [9.17, 15) is 0 Å². The van der Waals surface area contributed by atoms with Crippen LogP contribution in [0.3, 0.4) is 0 Å². The van der Waals surface area contributed by atoms with Crippen LogP contribution in [0.5, 0.6) is 0 Å². The standard InChI is InChI=1S/C53H38N2/c1-4-12-35(13-5-1)52-44-18-10-11-19-45(44)53(36-14-6-2-7-15-36)48-33-41(24-26-46(48)52)39-22-20-38-31-40(23-21-37(38)30-39)42-25-27-50-47(32-42)49-34-54-29-28-51(49)55(50)43-16-8-3-9-17-43/h1-8,10-16,18-27,30-34H,9,17,28-29H2. The predicted molar refractivity (Wildman–Crippen MR) is 235 cm³/mol. The highest BCUT2D eigenvalue weighted by atomic mass is 15.0. The summed E-state index contributed by atoms with van der Waals surface area (Å²) in [5.74, 6) is 0. The second-order valence-electron chi connectivity index (χ2n) is 14.9. The molecule has 260 valence electrons. The van der Waals surface area contributed by atoms with Crippen molar-refractivity contribution in [1.82, 2.24) is 4.57 Å². The molecule has 0 spiro atoms. The smallest absolute Gasteiger partial charge is 0.0535 e. The first-order valence-corrected chi connectivity index (χ1v) is 19.5. The molecule has 0 atom stereocenters. The van der Waals surface area contributed by atoms with E-state index in [1.807, 2.05) is 0 Å². The van der Waals surface area contributed by atoms with Crippen molar-refractivity contribution in [3.05, 3.63) is 187 Å². The van der Waals surface area contributed by atoms with Crippen molar-refractivity contribution in [3.63, 3.8) is 0 Å². The Morgan fingerprint density at radius 3 is 1.67 bits per heavy atom. The second-order valence-corrected chi connectivity index (χ2v) is 14.9. The van der Waals surface area contributed by atoms with Crippen molar-refractivity contribution in [2.24, 2.45) is 4.99 Å². The monoisotopic (exact) mass is 702 g/mol. The highest BCUT2D eigenvalue weighted by Gasteiger charge is 2.22. The van der Waals surface area contributed by atoms with E-state index >= 15 is 0 Å². The fourth-order valence-corrected chi connectivity index (χ4v) is 9.16. The van der Waals surface area contributed by atoms with Gasteiger partial charge in [0.2, 0.25) is 0 Å². The van der Waals surface area contributed by atoms with E-state index in [4.69, 9.17) is 4.99 Å². The van der Waals surface area contributed by atoms with Crippen molar-refractivity contribution < 1.29 is 0 Å². The average Bonchev–Trinajstić information content (AvgIpc) is 3.59. The van der Waals surface area contributed by atoms with Crippen LogP contribution in [0.4, 0.5) is 0 Å².